The molecule has 2 aromatic rings. The zero-order valence-electron chi connectivity index (χ0n) is 16.7. The van der Waals surface area contributed by atoms with Crippen molar-refractivity contribution in [3.8, 4) is 0 Å². The number of amides is 1. The van der Waals surface area contributed by atoms with Crippen LogP contribution in [-0.4, -0.2) is 41.3 Å². The molecule has 0 aliphatic rings. The molecule has 0 saturated carbocycles. The molecule has 0 radical (unpaired) electrons. The molecule has 0 saturated heterocycles. The number of carbonyl (C=O) groups is 3. The van der Waals surface area contributed by atoms with E-state index in [2.05, 4.69) is 15.2 Å². The van der Waals surface area contributed by atoms with Crippen molar-refractivity contribution >= 4 is 34.2 Å². The van der Waals surface area contributed by atoms with E-state index >= 15 is 0 Å². The van der Waals surface area contributed by atoms with Gasteiger partial charge in [-0.2, -0.15) is 5.10 Å². The molecule has 0 spiro atoms. The van der Waals surface area contributed by atoms with Crippen molar-refractivity contribution in [3.05, 3.63) is 33.5 Å². The summed E-state index contributed by atoms with van der Waals surface area (Å²) in [7, 11) is 1.14. The van der Waals surface area contributed by atoms with E-state index in [1.807, 2.05) is 0 Å². The lowest BCUT2D eigenvalue weighted by molar-refractivity contribution is -0.117. The number of thiophene rings is 1. The first kappa shape index (κ1) is 24.3. The van der Waals surface area contributed by atoms with Crippen LogP contribution in [0.25, 0.3) is 0 Å². The highest BCUT2D eigenvalue weighted by atomic mass is 32.1. The van der Waals surface area contributed by atoms with Crippen LogP contribution in [0.5, 0.6) is 0 Å². The number of alkyl halides is 4. The minimum atomic E-state index is -3.14. The van der Waals surface area contributed by atoms with Gasteiger partial charge in [0.05, 0.1) is 19.3 Å². The minimum absolute atomic E-state index is 0.0357. The van der Waals surface area contributed by atoms with Crippen molar-refractivity contribution in [1.82, 2.24) is 9.78 Å². The van der Waals surface area contributed by atoms with E-state index in [1.54, 1.807) is 6.92 Å². The van der Waals surface area contributed by atoms with Crippen LogP contribution in [0.4, 0.5) is 22.6 Å². The van der Waals surface area contributed by atoms with Crippen LogP contribution in [0.15, 0.2) is 6.07 Å². The average molecular weight is 465 g/mol. The Kier molecular flexibility index (Phi) is 8.14. The SMILES string of the molecule is CCCOC(=O)c1c(NC(=O)Cn2nc(C(F)F)cc2C(F)F)sc(C(=O)OC)c1C. The normalized spacial score (nSPS) is 11.1. The van der Waals surface area contributed by atoms with Gasteiger partial charge < -0.3 is 14.8 Å². The summed E-state index contributed by atoms with van der Waals surface area (Å²) in [6.07, 6.45) is -5.70. The lowest BCUT2D eigenvalue weighted by Gasteiger charge is -2.09. The zero-order valence-corrected chi connectivity index (χ0v) is 17.5. The number of nitrogens with zero attached hydrogens (tertiary/aromatic N) is 2. The van der Waals surface area contributed by atoms with Gasteiger partial charge in [-0.1, -0.05) is 6.92 Å². The van der Waals surface area contributed by atoms with Crippen LogP contribution in [0.1, 0.15) is 63.2 Å². The molecule has 0 aliphatic heterocycles. The molecular weight excluding hydrogens is 446 g/mol. The Labute approximate surface area is 178 Å². The minimum Gasteiger partial charge on any atom is -0.465 e. The summed E-state index contributed by atoms with van der Waals surface area (Å²) >= 11 is 0.735. The molecule has 2 rings (SSSR count). The van der Waals surface area contributed by atoms with Gasteiger partial charge in [-0.15, -0.1) is 11.3 Å². The van der Waals surface area contributed by atoms with Crippen molar-refractivity contribution in [2.75, 3.05) is 19.0 Å². The smallest absolute Gasteiger partial charge is 0.348 e. The van der Waals surface area contributed by atoms with Gasteiger partial charge in [-0.25, -0.2) is 27.2 Å². The predicted octanol–water partition coefficient (Wildman–Crippen LogP) is 4.12. The first-order valence-electron chi connectivity index (χ1n) is 8.93. The van der Waals surface area contributed by atoms with Gasteiger partial charge in [0.1, 0.15) is 27.8 Å². The van der Waals surface area contributed by atoms with Crippen molar-refractivity contribution in [1.29, 1.82) is 0 Å². The van der Waals surface area contributed by atoms with Crippen molar-refractivity contribution < 1.29 is 41.4 Å². The quantitative estimate of drug-likeness (QED) is 0.442. The Morgan fingerprint density at radius 1 is 1.19 bits per heavy atom. The molecule has 13 heteroatoms. The van der Waals surface area contributed by atoms with Crippen LogP contribution in [0, 0.1) is 6.92 Å². The third-order valence-electron chi connectivity index (χ3n) is 3.98. The van der Waals surface area contributed by atoms with E-state index in [0.717, 1.165) is 18.4 Å². The monoisotopic (exact) mass is 465 g/mol. The van der Waals surface area contributed by atoms with E-state index in [0.29, 0.717) is 17.2 Å². The standard InChI is InChI=1S/C18H19F4N3O5S/c1-4-5-30-17(27)12-8(2)13(18(28)29-3)31-16(12)23-11(26)7-25-10(15(21)22)6-9(24-25)14(19)20/h6,14-15H,4-5,7H2,1-3H3,(H,23,26). The summed E-state index contributed by atoms with van der Waals surface area (Å²) in [5, 5.41) is 5.61. The van der Waals surface area contributed by atoms with Crippen LogP contribution in [0.2, 0.25) is 0 Å². The number of hydrogen-bond donors (Lipinski definition) is 1. The molecule has 0 bridgehead atoms. The van der Waals surface area contributed by atoms with Crippen LogP contribution < -0.4 is 5.32 Å². The molecule has 0 aromatic carbocycles. The maximum Gasteiger partial charge on any atom is 0.348 e. The number of hydrogen-bond acceptors (Lipinski definition) is 7. The Morgan fingerprint density at radius 3 is 2.42 bits per heavy atom. The average Bonchev–Trinajstić information content (AvgIpc) is 3.27. The molecule has 1 amide bonds. The predicted molar refractivity (Wildman–Crippen MR) is 102 cm³/mol. The molecule has 170 valence electrons. The van der Waals surface area contributed by atoms with Gasteiger partial charge in [0, 0.05) is 0 Å². The Bertz CT molecular complexity index is 974. The Balaban J connectivity index is 2.34. The molecule has 1 N–H and O–H groups in total. The molecule has 0 aliphatic carbocycles. The van der Waals surface area contributed by atoms with Crippen LogP contribution >= 0.6 is 11.3 Å². The van der Waals surface area contributed by atoms with E-state index in [1.165, 1.54) is 6.92 Å². The number of carbonyl (C=O) groups excluding carboxylic acids is 3. The molecular formula is C18H19F4N3O5S. The van der Waals surface area contributed by atoms with Crippen LogP contribution in [-0.2, 0) is 20.8 Å². The Morgan fingerprint density at radius 2 is 1.87 bits per heavy atom. The molecule has 2 aromatic heterocycles. The number of esters is 2. The second-order valence-corrected chi connectivity index (χ2v) is 7.21. The molecule has 31 heavy (non-hydrogen) atoms. The van der Waals surface area contributed by atoms with E-state index in [4.69, 9.17) is 4.74 Å². The van der Waals surface area contributed by atoms with Gasteiger partial charge in [0.2, 0.25) is 5.91 Å². The molecule has 0 unspecified atom stereocenters. The molecule has 0 atom stereocenters. The summed E-state index contributed by atoms with van der Waals surface area (Å²) in [6, 6.07) is 0.515. The van der Waals surface area contributed by atoms with Gasteiger partial charge in [-0.3, -0.25) is 9.48 Å². The third-order valence-corrected chi connectivity index (χ3v) is 5.17. The number of methoxy groups -OCH3 is 1. The van der Waals surface area contributed by atoms with E-state index < -0.39 is 48.6 Å². The molecule has 8 nitrogen and oxygen atoms in total. The van der Waals surface area contributed by atoms with Gasteiger partial charge in [0.25, 0.3) is 12.9 Å². The number of nitrogens with one attached hydrogen (secondary N) is 1. The summed E-state index contributed by atoms with van der Waals surface area (Å²) in [4.78, 5) is 36.8. The largest absolute Gasteiger partial charge is 0.465 e. The van der Waals surface area contributed by atoms with Gasteiger partial charge in [-0.05, 0) is 25.0 Å². The van der Waals surface area contributed by atoms with Crippen molar-refractivity contribution in [2.45, 2.75) is 39.7 Å². The number of ether oxygens (including phenoxy) is 2. The summed E-state index contributed by atoms with van der Waals surface area (Å²) in [5.41, 5.74) is -1.63. The fourth-order valence-corrected chi connectivity index (χ4v) is 3.69. The summed E-state index contributed by atoms with van der Waals surface area (Å²) in [6.45, 7) is 2.50. The lowest BCUT2D eigenvalue weighted by atomic mass is 10.1. The fraction of sp³-hybridized carbons (Fsp3) is 0.444. The summed E-state index contributed by atoms with van der Waals surface area (Å²) < 4.78 is 62.0. The van der Waals surface area contributed by atoms with Crippen molar-refractivity contribution in [3.63, 3.8) is 0 Å². The highest BCUT2D eigenvalue weighted by Crippen LogP contribution is 2.34. The second-order valence-electron chi connectivity index (χ2n) is 6.19. The number of aromatic nitrogens is 2. The topological polar surface area (TPSA) is 99.5 Å². The zero-order chi connectivity index (χ0) is 23.3. The number of rotatable bonds is 9. The van der Waals surface area contributed by atoms with Gasteiger partial charge in [0.15, 0.2) is 0 Å². The molecule has 0 fully saturated rings. The first-order valence-corrected chi connectivity index (χ1v) is 9.74. The van der Waals surface area contributed by atoms with Gasteiger partial charge >= 0.3 is 11.9 Å². The molecule has 2 heterocycles. The third kappa shape index (κ3) is 5.60. The van der Waals surface area contributed by atoms with E-state index in [9.17, 15) is 31.9 Å². The van der Waals surface area contributed by atoms with Crippen LogP contribution in [0.3, 0.4) is 0 Å². The Hall–Kier alpha value is -2.96. The number of halogens is 4. The second kappa shape index (κ2) is 10.4. The fourth-order valence-electron chi connectivity index (χ4n) is 2.56. The van der Waals surface area contributed by atoms with E-state index in [-0.39, 0.29) is 27.6 Å². The first-order chi connectivity index (χ1) is 14.6. The van der Waals surface area contributed by atoms with Crippen molar-refractivity contribution in [2.24, 2.45) is 0 Å². The number of anilines is 1. The lowest BCUT2D eigenvalue weighted by Crippen LogP contribution is -2.22. The highest BCUT2D eigenvalue weighted by molar-refractivity contribution is 7.18. The maximum atomic E-state index is 13.1. The maximum absolute atomic E-state index is 13.1. The summed E-state index contributed by atoms with van der Waals surface area (Å²) in [5.74, 6) is -2.47. The highest BCUT2D eigenvalue weighted by Gasteiger charge is 2.28.